The van der Waals surface area contributed by atoms with Gasteiger partial charge in [-0.2, -0.15) is 0 Å². The normalized spacial score (nSPS) is 17.1. The molecule has 0 bridgehead atoms. The van der Waals surface area contributed by atoms with Gasteiger partial charge in [0, 0.05) is 24.6 Å². The summed E-state index contributed by atoms with van der Waals surface area (Å²) in [7, 11) is 0. The van der Waals surface area contributed by atoms with Gasteiger partial charge in [0.25, 0.3) is 0 Å². The number of fused-ring (bicyclic) bond motifs is 1. The van der Waals surface area contributed by atoms with Crippen molar-refractivity contribution >= 4 is 0 Å². The van der Waals surface area contributed by atoms with Crippen LogP contribution < -0.4 is 10.1 Å². The highest BCUT2D eigenvalue weighted by Crippen LogP contribution is 2.35. The molecule has 1 aliphatic rings. The third-order valence-electron chi connectivity index (χ3n) is 4.21. The predicted molar refractivity (Wildman–Crippen MR) is 86.7 cm³/mol. The number of ether oxygens (including phenoxy) is 1. The van der Waals surface area contributed by atoms with Crippen molar-refractivity contribution in [3.8, 4) is 5.75 Å². The van der Waals surface area contributed by atoms with Crippen molar-refractivity contribution in [2.24, 2.45) is 0 Å². The Bertz CT molecular complexity index is 603. The second kappa shape index (κ2) is 6.31. The molecule has 2 aromatic rings. The third kappa shape index (κ3) is 3.11. The van der Waals surface area contributed by atoms with Crippen LogP contribution in [-0.4, -0.2) is 6.61 Å². The maximum atomic E-state index is 5.90. The number of aryl methyl sites for hydroxylation is 2. The molecule has 110 valence electrons. The van der Waals surface area contributed by atoms with Crippen molar-refractivity contribution in [3.63, 3.8) is 0 Å². The van der Waals surface area contributed by atoms with Crippen LogP contribution in [0.3, 0.4) is 0 Å². The van der Waals surface area contributed by atoms with E-state index in [9.17, 15) is 0 Å². The molecule has 0 spiro atoms. The Morgan fingerprint density at radius 3 is 2.71 bits per heavy atom. The second-order valence-electron chi connectivity index (χ2n) is 5.75. The number of nitrogens with one attached hydrogen (secondary N) is 1. The summed E-state index contributed by atoms with van der Waals surface area (Å²) in [4.78, 5) is 0. The zero-order valence-corrected chi connectivity index (χ0v) is 12.9. The highest BCUT2D eigenvalue weighted by atomic mass is 16.5. The molecule has 0 aliphatic carbocycles. The van der Waals surface area contributed by atoms with E-state index in [1.165, 1.54) is 22.3 Å². The molecule has 2 nitrogen and oxygen atoms in total. The molecule has 2 heteroatoms. The Hall–Kier alpha value is -1.80. The predicted octanol–water partition coefficient (Wildman–Crippen LogP) is 4.17. The highest BCUT2D eigenvalue weighted by molar-refractivity contribution is 5.44. The summed E-state index contributed by atoms with van der Waals surface area (Å²) in [5.74, 6) is 1.10. The van der Waals surface area contributed by atoms with Gasteiger partial charge in [0.1, 0.15) is 5.75 Å². The van der Waals surface area contributed by atoms with Crippen LogP contribution in [-0.2, 0) is 13.0 Å². The molecule has 1 atom stereocenters. The maximum Gasteiger partial charge on any atom is 0.127 e. The minimum atomic E-state index is 0.390. The number of benzene rings is 2. The van der Waals surface area contributed by atoms with E-state index in [1.54, 1.807) is 0 Å². The molecule has 1 heterocycles. The number of para-hydroxylation sites is 1. The van der Waals surface area contributed by atoms with E-state index >= 15 is 0 Å². The lowest BCUT2D eigenvalue weighted by atomic mass is 9.96. The topological polar surface area (TPSA) is 21.3 Å². The van der Waals surface area contributed by atoms with Crippen molar-refractivity contribution in [2.75, 3.05) is 6.61 Å². The van der Waals surface area contributed by atoms with Crippen LogP contribution >= 0.6 is 0 Å². The van der Waals surface area contributed by atoms with Gasteiger partial charge in [-0.3, -0.25) is 0 Å². The fourth-order valence-corrected chi connectivity index (χ4v) is 2.93. The fourth-order valence-electron chi connectivity index (χ4n) is 2.93. The molecule has 0 radical (unpaired) electrons. The van der Waals surface area contributed by atoms with Gasteiger partial charge in [0.15, 0.2) is 0 Å². The Morgan fingerprint density at radius 2 is 1.95 bits per heavy atom. The Labute approximate surface area is 127 Å². The minimum Gasteiger partial charge on any atom is -0.493 e. The molecule has 0 aromatic heterocycles. The van der Waals surface area contributed by atoms with Crippen LogP contribution in [0.5, 0.6) is 5.75 Å². The molecule has 0 saturated carbocycles. The average Bonchev–Trinajstić information content (AvgIpc) is 2.53. The summed E-state index contributed by atoms with van der Waals surface area (Å²) in [5.41, 5.74) is 5.27. The molecule has 2 aromatic carbocycles. The Morgan fingerprint density at radius 1 is 1.14 bits per heavy atom. The molecule has 1 N–H and O–H groups in total. The van der Waals surface area contributed by atoms with Crippen molar-refractivity contribution in [2.45, 2.75) is 39.3 Å². The minimum absolute atomic E-state index is 0.390. The number of rotatable bonds is 4. The molecular weight excluding hydrogens is 258 g/mol. The van der Waals surface area contributed by atoms with Gasteiger partial charge >= 0.3 is 0 Å². The SMILES string of the molecule is CCc1cccc2c1OCCC2NCc1ccc(C)cc1. The highest BCUT2D eigenvalue weighted by Gasteiger charge is 2.22. The first-order chi connectivity index (χ1) is 10.3. The van der Waals surface area contributed by atoms with Crippen molar-refractivity contribution < 1.29 is 4.74 Å². The van der Waals surface area contributed by atoms with Crippen molar-refractivity contribution in [3.05, 3.63) is 64.7 Å². The van der Waals surface area contributed by atoms with E-state index in [-0.39, 0.29) is 0 Å². The van der Waals surface area contributed by atoms with E-state index < -0.39 is 0 Å². The van der Waals surface area contributed by atoms with E-state index in [0.717, 1.165) is 31.7 Å². The molecule has 21 heavy (non-hydrogen) atoms. The molecule has 0 fully saturated rings. The van der Waals surface area contributed by atoms with Gasteiger partial charge in [-0.05, 0) is 24.5 Å². The van der Waals surface area contributed by atoms with Crippen LogP contribution in [0.25, 0.3) is 0 Å². The summed E-state index contributed by atoms with van der Waals surface area (Å²) >= 11 is 0. The van der Waals surface area contributed by atoms with E-state index in [1.807, 2.05) is 0 Å². The number of hydrogen-bond acceptors (Lipinski definition) is 2. The van der Waals surface area contributed by atoms with Crippen LogP contribution in [0.15, 0.2) is 42.5 Å². The van der Waals surface area contributed by atoms with Crippen LogP contribution in [0.4, 0.5) is 0 Å². The first kappa shape index (κ1) is 14.2. The first-order valence-electron chi connectivity index (χ1n) is 7.81. The standard InChI is InChI=1S/C19H23NO/c1-3-16-5-4-6-17-18(11-12-21-19(16)17)20-13-15-9-7-14(2)8-10-15/h4-10,18,20H,3,11-13H2,1-2H3. The van der Waals surface area contributed by atoms with Crippen molar-refractivity contribution in [1.82, 2.24) is 5.32 Å². The van der Waals surface area contributed by atoms with E-state index in [2.05, 4.69) is 61.6 Å². The lowest BCUT2D eigenvalue weighted by molar-refractivity contribution is 0.250. The smallest absolute Gasteiger partial charge is 0.127 e. The summed E-state index contributed by atoms with van der Waals surface area (Å²) in [5, 5.41) is 3.68. The third-order valence-corrected chi connectivity index (χ3v) is 4.21. The molecule has 0 saturated heterocycles. The summed E-state index contributed by atoms with van der Waals surface area (Å²) < 4.78 is 5.90. The van der Waals surface area contributed by atoms with E-state index in [0.29, 0.717) is 6.04 Å². The molecule has 1 aliphatic heterocycles. The van der Waals surface area contributed by atoms with Crippen LogP contribution in [0.1, 0.15) is 41.6 Å². The lowest BCUT2D eigenvalue weighted by Gasteiger charge is -2.28. The van der Waals surface area contributed by atoms with Gasteiger partial charge in [-0.1, -0.05) is 55.0 Å². The van der Waals surface area contributed by atoms with Crippen molar-refractivity contribution in [1.29, 1.82) is 0 Å². The van der Waals surface area contributed by atoms with Gasteiger partial charge in [-0.25, -0.2) is 0 Å². The zero-order chi connectivity index (χ0) is 14.7. The van der Waals surface area contributed by atoms with Gasteiger partial charge < -0.3 is 10.1 Å². The quantitative estimate of drug-likeness (QED) is 0.908. The summed E-state index contributed by atoms with van der Waals surface area (Å²) in [6.07, 6.45) is 2.06. The van der Waals surface area contributed by atoms with Crippen LogP contribution in [0.2, 0.25) is 0 Å². The maximum absolute atomic E-state index is 5.90. The zero-order valence-electron chi connectivity index (χ0n) is 12.9. The Balaban J connectivity index is 1.75. The second-order valence-corrected chi connectivity index (χ2v) is 5.75. The number of hydrogen-bond donors (Lipinski definition) is 1. The summed E-state index contributed by atoms with van der Waals surface area (Å²) in [6, 6.07) is 15.6. The molecule has 0 amide bonds. The summed E-state index contributed by atoms with van der Waals surface area (Å²) in [6.45, 7) is 6.01. The first-order valence-corrected chi connectivity index (χ1v) is 7.81. The Kier molecular flexibility index (Phi) is 4.26. The lowest BCUT2D eigenvalue weighted by Crippen LogP contribution is -2.27. The van der Waals surface area contributed by atoms with Gasteiger partial charge in [0.2, 0.25) is 0 Å². The molecule has 3 rings (SSSR count). The van der Waals surface area contributed by atoms with E-state index in [4.69, 9.17) is 4.74 Å². The average molecular weight is 281 g/mol. The largest absolute Gasteiger partial charge is 0.493 e. The monoisotopic (exact) mass is 281 g/mol. The fraction of sp³-hybridized carbons (Fsp3) is 0.368. The van der Waals surface area contributed by atoms with Gasteiger partial charge in [0.05, 0.1) is 6.61 Å². The molecular formula is C19H23NO. The van der Waals surface area contributed by atoms with Gasteiger partial charge in [-0.15, -0.1) is 0 Å². The van der Waals surface area contributed by atoms with Crippen LogP contribution in [0, 0.1) is 6.92 Å². The molecule has 1 unspecified atom stereocenters.